The molecule has 0 aliphatic rings. The van der Waals surface area contributed by atoms with E-state index < -0.39 is 5.82 Å². The van der Waals surface area contributed by atoms with Gasteiger partial charge in [-0.25, -0.2) is 8.91 Å². The van der Waals surface area contributed by atoms with Gasteiger partial charge in [0.15, 0.2) is 5.78 Å². The summed E-state index contributed by atoms with van der Waals surface area (Å²) >= 11 is 0. The Morgan fingerprint density at radius 2 is 2.05 bits per heavy atom. The Morgan fingerprint density at radius 1 is 1.21 bits per heavy atom. The van der Waals surface area contributed by atoms with Crippen LogP contribution in [0.3, 0.4) is 0 Å². The second-order valence-corrected chi connectivity index (χ2v) is 4.38. The molecule has 0 saturated carbocycles. The summed E-state index contributed by atoms with van der Waals surface area (Å²) in [6, 6.07) is 9.71. The normalized spacial score (nSPS) is 10.8. The van der Waals surface area contributed by atoms with Gasteiger partial charge in [-0.1, -0.05) is 12.1 Å². The van der Waals surface area contributed by atoms with Gasteiger partial charge < -0.3 is 0 Å². The van der Waals surface area contributed by atoms with Gasteiger partial charge in [0.05, 0.1) is 17.3 Å². The number of carbonyl (C=O) groups is 1. The molecule has 1 aromatic carbocycles. The minimum absolute atomic E-state index is 0.210. The van der Waals surface area contributed by atoms with Crippen LogP contribution in [0.2, 0.25) is 0 Å². The van der Waals surface area contributed by atoms with Gasteiger partial charge >= 0.3 is 0 Å². The summed E-state index contributed by atoms with van der Waals surface area (Å²) < 4.78 is 14.9. The van der Waals surface area contributed by atoms with Crippen molar-refractivity contribution < 1.29 is 9.18 Å². The zero-order valence-corrected chi connectivity index (χ0v) is 10.3. The number of benzene rings is 1. The minimum Gasteiger partial charge on any atom is -0.288 e. The average molecular weight is 254 g/mol. The molecule has 0 N–H and O–H groups in total. The van der Waals surface area contributed by atoms with E-state index in [0.29, 0.717) is 11.1 Å². The van der Waals surface area contributed by atoms with E-state index >= 15 is 0 Å². The van der Waals surface area contributed by atoms with E-state index in [1.807, 2.05) is 18.2 Å². The molecule has 2 heterocycles. The lowest BCUT2D eigenvalue weighted by atomic mass is 10.00. The highest BCUT2D eigenvalue weighted by Crippen LogP contribution is 2.18. The molecular formula is C15H11FN2O. The Balaban J connectivity index is 2.16. The number of carbonyl (C=O) groups excluding carboxylic acids is 1. The first-order chi connectivity index (χ1) is 9.16. The van der Waals surface area contributed by atoms with Crippen molar-refractivity contribution in [3.05, 3.63) is 71.3 Å². The van der Waals surface area contributed by atoms with E-state index in [4.69, 9.17) is 0 Å². The van der Waals surface area contributed by atoms with Crippen molar-refractivity contribution in [3.8, 4) is 0 Å². The van der Waals surface area contributed by atoms with Crippen LogP contribution in [0.1, 0.15) is 21.5 Å². The molecule has 0 aliphatic carbocycles. The summed E-state index contributed by atoms with van der Waals surface area (Å²) in [5, 5.41) is 4.12. The highest BCUT2D eigenvalue weighted by Gasteiger charge is 2.16. The van der Waals surface area contributed by atoms with Crippen molar-refractivity contribution in [2.75, 3.05) is 0 Å². The Kier molecular flexibility index (Phi) is 2.63. The van der Waals surface area contributed by atoms with E-state index in [9.17, 15) is 9.18 Å². The third-order valence-electron chi connectivity index (χ3n) is 3.12. The van der Waals surface area contributed by atoms with Crippen molar-refractivity contribution in [3.63, 3.8) is 0 Å². The average Bonchev–Trinajstić information content (AvgIpc) is 2.84. The summed E-state index contributed by atoms with van der Waals surface area (Å²) in [5.41, 5.74) is 2.32. The molecule has 3 aromatic rings. The lowest BCUT2D eigenvalue weighted by Crippen LogP contribution is -2.04. The van der Waals surface area contributed by atoms with Gasteiger partial charge in [0.1, 0.15) is 5.82 Å². The van der Waals surface area contributed by atoms with E-state index in [1.165, 1.54) is 18.3 Å². The Labute approximate surface area is 109 Å². The first-order valence-corrected chi connectivity index (χ1v) is 5.90. The fourth-order valence-electron chi connectivity index (χ4n) is 2.09. The molecule has 0 aliphatic heterocycles. The molecule has 0 fully saturated rings. The van der Waals surface area contributed by atoms with Gasteiger partial charge in [-0.3, -0.25) is 4.79 Å². The van der Waals surface area contributed by atoms with Crippen LogP contribution in [0, 0.1) is 12.7 Å². The predicted octanol–water partition coefficient (Wildman–Crippen LogP) is 3.01. The van der Waals surface area contributed by atoms with Crippen LogP contribution < -0.4 is 0 Å². The molecule has 0 spiro atoms. The maximum absolute atomic E-state index is 13.3. The summed E-state index contributed by atoms with van der Waals surface area (Å²) in [6.07, 6.45) is 3.28. The Bertz CT molecular complexity index is 777. The molecule has 4 heteroatoms. The third kappa shape index (κ3) is 1.91. The number of aryl methyl sites for hydroxylation is 1. The van der Waals surface area contributed by atoms with Crippen LogP contribution in [0.25, 0.3) is 5.52 Å². The number of fused-ring (bicyclic) bond motifs is 1. The molecule has 0 unspecified atom stereocenters. The predicted molar refractivity (Wildman–Crippen MR) is 69.8 cm³/mol. The second kappa shape index (κ2) is 4.31. The van der Waals surface area contributed by atoms with E-state index in [0.717, 1.165) is 11.1 Å². The number of ketones is 1. The number of pyridine rings is 1. The van der Waals surface area contributed by atoms with Gasteiger partial charge in [-0.15, -0.1) is 0 Å². The SMILES string of the molecule is Cc1ccc(F)cc1C(=O)c1cnn2ccccc12. The molecule has 0 radical (unpaired) electrons. The highest BCUT2D eigenvalue weighted by molar-refractivity contribution is 6.13. The monoisotopic (exact) mass is 254 g/mol. The minimum atomic E-state index is -0.412. The quantitative estimate of drug-likeness (QED) is 0.659. The van der Waals surface area contributed by atoms with Gasteiger partial charge in [-0.2, -0.15) is 5.10 Å². The fourth-order valence-corrected chi connectivity index (χ4v) is 2.09. The van der Waals surface area contributed by atoms with Gasteiger partial charge in [0, 0.05) is 11.8 Å². The van der Waals surface area contributed by atoms with Gasteiger partial charge in [-0.05, 0) is 36.8 Å². The van der Waals surface area contributed by atoms with Crippen molar-refractivity contribution in [1.82, 2.24) is 9.61 Å². The van der Waals surface area contributed by atoms with Crippen LogP contribution in [-0.2, 0) is 0 Å². The first-order valence-electron chi connectivity index (χ1n) is 5.90. The summed E-state index contributed by atoms with van der Waals surface area (Å²) in [7, 11) is 0. The van der Waals surface area contributed by atoms with Gasteiger partial charge in [0.2, 0.25) is 0 Å². The summed E-state index contributed by atoms with van der Waals surface area (Å²) in [5.74, 6) is -0.622. The number of halogens is 1. The Hall–Kier alpha value is -2.49. The first kappa shape index (κ1) is 11.6. The lowest BCUT2D eigenvalue weighted by Gasteiger charge is -2.04. The van der Waals surface area contributed by atoms with Crippen molar-refractivity contribution in [2.45, 2.75) is 6.92 Å². The van der Waals surface area contributed by atoms with Crippen LogP contribution >= 0.6 is 0 Å². The van der Waals surface area contributed by atoms with Gasteiger partial charge in [0.25, 0.3) is 0 Å². The third-order valence-corrected chi connectivity index (χ3v) is 3.12. The zero-order chi connectivity index (χ0) is 13.4. The van der Waals surface area contributed by atoms with E-state index in [1.54, 1.807) is 23.7 Å². The van der Waals surface area contributed by atoms with Crippen LogP contribution in [-0.4, -0.2) is 15.4 Å². The number of nitrogens with zero attached hydrogens (tertiary/aromatic N) is 2. The Morgan fingerprint density at radius 3 is 2.89 bits per heavy atom. The second-order valence-electron chi connectivity index (χ2n) is 4.38. The van der Waals surface area contributed by atoms with Crippen molar-refractivity contribution in [2.24, 2.45) is 0 Å². The van der Waals surface area contributed by atoms with Crippen LogP contribution in [0.15, 0.2) is 48.8 Å². The largest absolute Gasteiger partial charge is 0.288 e. The maximum Gasteiger partial charge on any atom is 0.197 e. The standard InChI is InChI=1S/C15H11FN2O/c1-10-5-6-11(16)8-12(10)15(19)13-9-17-18-7-3-2-4-14(13)18/h2-9H,1H3. The van der Waals surface area contributed by atoms with Crippen molar-refractivity contribution in [1.29, 1.82) is 0 Å². The van der Waals surface area contributed by atoms with Crippen LogP contribution in [0.5, 0.6) is 0 Å². The molecule has 19 heavy (non-hydrogen) atoms. The lowest BCUT2D eigenvalue weighted by molar-refractivity contribution is 0.103. The molecule has 0 saturated heterocycles. The van der Waals surface area contributed by atoms with Crippen molar-refractivity contribution >= 4 is 11.3 Å². The summed E-state index contributed by atoms with van der Waals surface area (Å²) in [4.78, 5) is 12.5. The smallest absolute Gasteiger partial charge is 0.197 e. The molecular weight excluding hydrogens is 243 g/mol. The topological polar surface area (TPSA) is 34.4 Å². The molecule has 0 atom stereocenters. The zero-order valence-electron chi connectivity index (χ0n) is 10.3. The fraction of sp³-hybridized carbons (Fsp3) is 0.0667. The number of rotatable bonds is 2. The maximum atomic E-state index is 13.3. The molecule has 94 valence electrons. The van der Waals surface area contributed by atoms with E-state index in [2.05, 4.69) is 5.10 Å². The number of hydrogen-bond acceptors (Lipinski definition) is 2. The highest BCUT2D eigenvalue weighted by atomic mass is 19.1. The molecule has 3 nitrogen and oxygen atoms in total. The van der Waals surface area contributed by atoms with Crippen LogP contribution in [0.4, 0.5) is 4.39 Å². The number of aromatic nitrogens is 2. The van der Waals surface area contributed by atoms with E-state index in [-0.39, 0.29) is 5.78 Å². The molecule has 3 rings (SSSR count). The summed E-state index contributed by atoms with van der Waals surface area (Å²) in [6.45, 7) is 1.79. The molecule has 2 aromatic heterocycles. The molecule has 0 bridgehead atoms. The number of hydrogen-bond donors (Lipinski definition) is 0. The molecule has 0 amide bonds.